The largest absolute Gasteiger partial charge is 0.479 e. The van der Waals surface area contributed by atoms with Crippen molar-refractivity contribution in [3.8, 4) is 0 Å². The van der Waals surface area contributed by atoms with Gasteiger partial charge >= 0.3 is 5.97 Å². The average Bonchev–Trinajstić information content (AvgIpc) is 2.84. The molecule has 1 heterocycles. The smallest absolute Gasteiger partial charge is 0.330 e. The van der Waals surface area contributed by atoms with Gasteiger partial charge in [-0.25, -0.2) is 4.79 Å². The van der Waals surface area contributed by atoms with Gasteiger partial charge in [0.15, 0.2) is 6.04 Å². The first-order chi connectivity index (χ1) is 11.3. The van der Waals surface area contributed by atoms with Crippen LogP contribution in [0.2, 0.25) is 0 Å². The number of rotatable bonds is 6. The molecule has 6 heteroatoms. The van der Waals surface area contributed by atoms with Crippen molar-refractivity contribution in [2.75, 3.05) is 0 Å². The van der Waals surface area contributed by atoms with Gasteiger partial charge in [-0.3, -0.25) is 4.79 Å². The number of aryl methyl sites for hydroxylation is 4. The van der Waals surface area contributed by atoms with Crippen LogP contribution in [0.25, 0.3) is 0 Å². The Morgan fingerprint density at radius 1 is 1.21 bits per heavy atom. The van der Waals surface area contributed by atoms with E-state index in [9.17, 15) is 14.7 Å². The lowest BCUT2D eigenvalue weighted by Crippen LogP contribution is -2.34. The Labute approximate surface area is 140 Å². The lowest BCUT2D eigenvalue weighted by molar-refractivity contribution is -0.142. The Morgan fingerprint density at radius 3 is 2.46 bits per heavy atom. The molecule has 0 saturated carbocycles. The third kappa shape index (κ3) is 4.01. The molecule has 1 unspecified atom stereocenters. The van der Waals surface area contributed by atoms with Gasteiger partial charge in [-0.1, -0.05) is 23.4 Å². The Morgan fingerprint density at radius 2 is 1.92 bits per heavy atom. The first-order valence-corrected chi connectivity index (χ1v) is 7.80. The summed E-state index contributed by atoms with van der Waals surface area (Å²) in [6, 6.07) is 4.33. The van der Waals surface area contributed by atoms with E-state index in [-0.39, 0.29) is 12.3 Å². The first-order valence-electron chi connectivity index (χ1n) is 7.80. The molecule has 1 atom stereocenters. The lowest BCUT2D eigenvalue weighted by Gasteiger charge is -2.16. The molecule has 128 valence electrons. The van der Waals surface area contributed by atoms with Crippen LogP contribution in [0, 0.1) is 27.7 Å². The molecule has 0 bridgehead atoms. The number of hydrogen-bond acceptors (Lipinski definition) is 4. The van der Waals surface area contributed by atoms with E-state index in [4.69, 9.17) is 4.52 Å². The van der Waals surface area contributed by atoms with Crippen LogP contribution in [-0.4, -0.2) is 22.1 Å². The fourth-order valence-corrected chi connectivity index (χ4v) is 2.56. The number of nitrogens with one attached hydrogen (secondary N) is 1. The van der Waals surface area contributed by atoms with Crippen molar-refractivity contribution < 1.29 is 19.2 Å². The van der Waals surface area contributed by atoms with Crippen molar-refractivity contribution in [2.45, 2.75) is 46.6 Å². The Hall–Kier alpha value is -2.63. The summed E-state index contributed by atoms with van der Waals surface area (Å²) < 4.78 is 5.06. The minimum Gasteiger partial charge on any atom is -0.479 e. The van der Waals surface area contributed by atoms with E-state index in [1.807, 2.05) is 26.8 Å². The Bertz CT molecular complexity index is 745. The van der Waals surface area contributed by atoms with E-state index in [0.29, 0.717) is 17.7 Å². The topological polar surface area (TPSA) is 92.4 Å². The van der Waals surface area contributed by atoms with Gasteiger partial charge in [-0.2, -0.15) is 0 Å². The quantitative estimate of drug-likeness (QED) is 0.849. The van der Waals surface area contributed by atoms with Crippen molar-refractivity contribution in [1.29, 1.82) is 0 Å². The minimum atomic E-state index is -1.08. The maximum Gasteiger partial charge on any atom is 0.330 e. The van der Waals surface area contributed by atoms with Crippen LogP contribution >= 0.6 is 0 Å². The second-order valence-corrected chi connectivity index (χ2v) is 5.99. The van der Waals surface area contributed by atoms with Crippen LogP contribution in [0.15, 0.2) is 22.7 Å². The number of amides is 1. The van der Waals surface area contributed by atoms with Gasteiger partial charge in [0.05, 0.1) is 5.69 Å². The van der Waals surface area contributed by atoms with Crippen LogP contribution in [0.5, 0.6) is 0 Å². The summed E-state index contributed by atoms with van der Waals surface area (Å²) in [6.07, 6.45) is 0.643. The van der Waals surface area contributed by atoms with Crippen LogP contribution < -0.4 is 5.32 Å². The molecular weight excluding hydrogens is 308 g/mol. The van der Waals surface area contributed by atoms with Crippen molar-refractivity contribution in [3.05, 3.63) is 51.9 Å². The summed E-state index contributed by atoms with van der Waals surface area (Å²) in [7, 11) is 0. The normalized spacial score (nSPS) is 12.0. The van der Waals surface area contributed by atoms with E-state index < -0.39 is 12.0 Å². The fraction of sp³-hybridized carbons (Fsp3) is 0.389. The van der Waals surface area contributed by atoms with E-state index in [1.54, 1.807) is 19.1 Å². The molecular formula is C18H22N2O4. The van der Waals surface area contributed by atoms with Gasteiger partial charge in [0.25, 0.3) is 0 Å². The zero-order valence-electron chi connectivity index (χ0n) is 14.3. The second-order valence-electron chi connectivity index (χ2n) is 5.99. The van der Waals surface area contributed by atoms with E-state index in [1.165, 1.54) is 0 Å². The first kappa shape index (κ1) is 17.7. The molecule has 0 spiro atoms. The van der Waals surface area contributed by atoms with Gasteiger partial charge in [0.2, 0.25) is 5.91 Å². The maximum absolute atomic E-state index is 12.2. The summed E-state index contributed by atoms with van der Waals surface area (Å²) >= 11 is 0. The summed E-state index contributed by atoms with van der Waals surface area (Å²) in [5.74, 6) is -0.714. The number of aromatic nitrogens is 1. The lowest BCUT2D eigenvalue weighted by atomic mass is 10.0. The van der Waals surface area contributed by atoms with Gasteiger partial charge in [0, 0.05) is 12.0 Å². The number of carbonyl (C=O) groups excluding carboxylic acids is 1. The molecule has 2 N–H and O–H groups in total. The zero-order valence-corrected chi connectivity index (χ0v) is 14.3. The molecule has 2 rings (SSSR count). The number of carbonyl (C=O) groups is 2. The molecule has 1 aromatic carbocycles. The third-order valence-electron chi connectivity index (χ3n) is 4.20. The van der Waals surface area contributed by atoms with Crippen LogP contribution in [0.1, 0.15) is 46.2 Å². The molecule has 0 radical (unpaired) electrons. The number of carboxylic acids is 1. The molecule has 24 heavy (non-hydrogen) atoms. The van der Waals surface area contributed by atoms with Crippen molar-refractivity contribution >= 4 is 11.9 Å². The highest BCUT2D eigenvalue weighted by molar-refractivity contribution is 5.84. The number of hydrogen-bond donors (Lipinski definition) is 2. The second kappa shape index (κ2) is 7.29. The number of benzene rings is 1. The van der Waals surface area contributed by atoms with Gasteiger partial charge in [-0.15, -0.1) is 0 Å². The summed E-state index contributed by atoms with van der Waals surface area (Å²) in [6.45, 7) is 7.48. The predicted molar refractivity (Wildman–Crippen MR) is 88.7 cm³/mol. The van der Waals surface area contributed by atoms with Crippen LogP contribution in [-0.2, 0) is 16.0 Å². The van der Waals surface area contributed by atoms with Gasteiger partial charge in [-0.05, 0) is 50.8 Å². The minimum absolute atomic E-state index is 0.178. The van der Waals surface area contributed by atoms with Crippen LogP contribution in [0.3, 0.4) is 0 Å². The van der Waals surface area contributed by atoms with E-state index in [2.05, 4.69) is 10.5 Å². The van der Waals surface area contributed by atoms with E-state index >= 15 is 0 Å². The monoisotopic (exact) mass is 330 g/mol. The number of aliphatic carboxylic acids is 1. The van der Waals surface area contributed by atoms with Crippen molar-refractivity contribution in [3.63, 3.8) is 0 Å². The highest BCUT2D eigenvalue weighted by Crippen LogP contribution is 2.19. The van der Waals surface area contributed by atoms with Gasteiger partial charge < -0.3 is 14.9 Å². The Balaban J connectivity index is 2.06. The number of carboxylic acid groups (broad SMARTS) is 1. The molecule has 0 fully saturated rings. The zero-order chi connectivity index (χ0) is 17.9. The summed E-state index contributed by atoms with van der Waals surface area (Å²) in [5, 5.41) is 15.9. The Kier molecular flexibility index (Phi) is 5.39. The molecule has 0 aliphatic carbocycles. The standard InChI is InChI=1S/C18H22N2O4/c1-10-5-6-14(9-11(10)2)17(18(22)23)19-16(21)8-7-15-12(3)20-24-13(15)4/h5-6,9,17H,7-8H2,1-4H3,(H,19,21)(H,22,23). The number of nitrogens with zero attached hydrogens (tertiary/aromatic N) is 1. The molecule has 6 nitrogen and oxygen atoms in total. The SMILES string of the molecule is Cc1ccc(C(NC(=O)CCc2c(C)noc2C)C(=O)O)cc1C. The molecule has 1 aromatic heterocycles. The van der Waals surface area contributed by atoms with Gasteiger partial charge in [0.1, 0.15) is 5.76 Å². The highest BCUT2D eigenvalue weighted by atomic mass is 16.5. The summed E-state index contributed by atoms with van der Waals surface area (Å²) in [4.78, 5) is 23.7. The summed E-state index contributed by atoms with van der Waals surface area (Å²) in [5.41, 5.74) is 4.28. The molecule has 1 amide bonds. The predicted octanol–water partition coefficient (Wildman–Crippen LogP) is 2.78. The molecule has 0 saturated heterocycles. The molecule has 2 aromatic rings. The van der Waals surface area contributed by atoms with Crippen LogP contribution in [0.4, 0.5) is 0 Å². The molecule has 0 aliphatic heterocycles. The highest BCUT2D eigenvalue weighted by Gasteiger charge is 2.22. The van der Waals surface area contributed by atoms with E-state index in [0.717, 1.165) is 22.4 Å². The average molecular weight is 330 g/mol. The van der Waals surface area contributed by atoms with Crippen molar-refractivity contribution in [2.24, 2.45) is 0 Å². The molecule has 0 aliphatic rings. The van der Waals surface area contributed by atoms with Crippen molar-refractivity contribution in [1.82, 2.24) is 10.5 Å². The third-order valence-corrected chi connectivity index (χ3v) is 4.20. The maximum atomic E-state index is 12.2. The fourth-order valence-electron chi connectivity index (χ4n) is 2.56.